The van der Waals surface area contributed by atoms with Crippen molar-refractivity contribution in [2.45, 2.75) is 25.0 Å². The zero-order chi connectivity index (χ0) is 25.4. The molecule has 0 atom stereocenters. The van der Waals surface area contributed by atoms with Crippen LogP contribution in [-0.2, 0) is 21.7 Å². The highest BCUT2D eigenvalue weighted by Gasteiger charge is 2.36. The third kappa shape index (κ3) is 4.28. The summed E-state index contributed by atoms with van der Waals surface area (Å²) in [6.07, 6.45) is 3.26. The smallest absolute Gasteiger partial charge is 0.294 e. The highest BCUT2D eigenvalue weighted by Crippen LogP contribution is 2.38. The fourth-order valence-electron chi connectivity index (χ4n) is 4.60. The maximum absolute atomic E-state index is 6.27. The van der Waals surface area contributed by atoms with Crippen molar-refractivity contribution in [1.29, 1.82) is 0 Å². The van der Waals surface area contributed by atoms with E-state index < -0.39 is 5.60 Å². The summed E-state index contributed by atoms with van der Waals surface area (Å²) in [5.74, 6) is 1.86. The van der Waals surface area contributed by atoms with Gasteiger partial charge in [-0.3, -0.25) is 4.98 Å². The zero-order valence-electron chi connectivity index (χ0n) is 20.7. The first-order valence-electron chi connectivity index (χ1n) is 11.8. The molecule has 1 fully saturated rings. The lowest BCUT2D eigenvalue weighted by Gasteiger charge is -2.35. The van der Waals surface area contributed by atoms with Crippen molar-refractivity contribution < 1.29 is 28.1 Å². The highest BCUT2D eigenvalue weighted by molar-refractivity contribution is 7.18. The Morgan fingerprint density at radius 2 is 1.95 bits per heavy atom. The van der Waals surface area contributed by atoms with E-state index in [2.05, 4.69) is 10.1 Å². The Hall–Kier alpha value is -3.67. The number of hydrogen-bond donors (Lipinski definition) is 0. The number of imidazole rings is 1. The van der Waals surface area contributed by atoms with E-state index in [-0.39, 0.29) is 6.61 Å². The van der Waals surface area contributed by atoms with Gasteiger partial charge >= 0.3 is 0 Å². The van der Waals surface area contributed by atoms with Gasteiger partial charge in [-0.15, -0.1) is 5.10 Å². The number of pyridine rings is 1. The quantitative estimate of drug-likeness (QED) is 0.283. The predicted octanol–water partition coefficient (Wildman–Crippen LogP) is 4.85. The molecule has 4 aromatic heterocycles. The SMILES string of the molecule is COc1cc(OCc2cccc(C3(OC)CCOCC3)n2)c2cc(-c3cnc4sc(OC)nn34)oc2c1. The minimum Gasteiger partial charge on any atom is -0.496 e. The molecule has 0 aliphatic carbocycles. The first-order chi connectivity index (χ1) is 18.1. The lowest BCUT2D eigenvalue weighted by molar-refractivity contribution is -0.0974. The largest absolute Gasteiger partial charge is 0.496 e. The summed E-state index contributed by atoms with van der Waals surface area (Å²) in [5, 5.41) is 5.77. The number of benzene rings is 1. The van der Waals surface area contributed by atoms with Gasteiger partial charge in [-0.25, -0.2) is 4.98 Å². The van der Waals surface area contributed by atoms with Gasteiger partial charge < -0.3 is 28.1 Å². The molecule has 0 saturated carbocycles. The molecule has 0 N–H and O–H groups in total. The summed E-state index contributed by atoms with van der Waals surface area (Å²) >= 11 is 1.36. The number of methoxy groups -OCH3 is 3. The number of fused-ring (bicyclic) bond motifs is 2. The summed E-state index contributed by atoms with van der Waals surface area (Å²) in [5.41, 5.74) is 2.60. The number of hydrogen-bond acceptors (Lipinski definition) is 10. The molecule has 0 amide bonds. The molecule has 0 unspecified atom stereocenters. The Balaban J connectivity index is 1.31. The van der Waals surface area contributed by atoms with E-state index in [4.69, 9.17) is 33.1 Å². The average molecular weight is 523 g/mol. The van der Waals surface area contributed by atoms with Crippen molar-refractivity contribution in [3.8, 4) is 28.1 Å². The van der Waals surface area contributed by atoms with Crippen LogP contribution < -0.4 is 14.2 Å². The number of nitrogens with zero attached hydrogens (tertiary/aromatic N) is 4. The summed E-state index contributed by atoms with van der Waals surface area (Å²) < 4.78 is 36.4. The summed E-state index contributed by atoms with van der Waals surface area (Å²) in [7, 11) is 4.92. The van der Waals surface area contributed by atoms with Gasteiger partial charge in [0.05, 0.1) is 37.2 Å². The van der Waals surface area contributed by atoms with Crippen molar-refractivity contribution in [2.24, 2.45) is 0 Å². The second-order valence-corrected chi connectivity index (χ2v) is 9.59. The molecule has 37 heavy (non-hydrogen) atoms. The maximum atomic E-state index is 6.27. The first-order valence-corrected chi connectivity index (χ1v) is 12.7. The molecule has 1 saturated heterocycles. The van der Waals surface area contributed by atoms with Gasteiger partial charge in [-0.05, 0) is 29.5 Å². The molecule has 5 aromatic rings. The van der Waals surface area contributed by atoms with Crippen LogP contribution in [-0.4, -0.2) is 54.1 Å². The minimum absolute atomic E-state index is 0.271. The minimum atomic E-state index is -0.439. The van der Waals surface area contributed by atoms with E-state index in [1.165, 1.54) is 11.3 Å². The van der Waals surface area contributed by atoms with Crippen LogP contribution in [0.25, 0.3) is 27.4 Å². The maximum Gasteiger partial charge on any atom is 0.294 e. The van der Waals surface area contributed by atoms with Crippen molar-refractivity contribution in [3.05, 3.63) is 54.0 Å². The van der Waals surface area contributed by atoms with Gasteiger partial charge in [-0.1, -0.05) is 6.07 Å². The Bertz CT molecular complexity index is 1550. The highest BCUT2D eigenvalue weighted by atomic mass is 32.1. The van der Waals surface area contributed by atoms with E-state index in [9.17, 15) is 0 Å². The second-order valence-electron chi connectivity index (χ2n) is 8.67. The molecule has 10 nitrogen and oxygen atoms in total. The molecule has 192 valence electrons. The third-order valence-electron chi connectivity index (χ3n) is 6.64. The number of ether oxygens (including phenoxy) is 5. The number of furan rings is 1. The Kier molecular flexibility index (Phi) is 6.19. The Morgan fingerprint density at radius 1 is 1.08 bits per heavy atom. The molecule has 11 heteroatoms. The average Bonchev–Trinajstić information content (AvgIpc) is 3.66. The summed E-state index contributed by atoms with van der Waals surface area (Å²) in [4.78, 5) is 10.0. The third-order valence-corrected chi connectivity index (χ3v) is 7.53. The van der Waals surface area contributed by atoms with E-state index in [1.807, 2.05) is 36.4 Å². The molecule has 5 heterocycles. The van der Waals surface area contributed by atoms with Gasteiger partial charge in [0, 0.05) is 45.3 Å². The summed E-state index contributed by atoms with van der Waals surface area (Å²) in [6.45, 7) is 1.57. The van der Waals surface area contributed by atoms with Crippen LogP contribution >= 0.6 is 11.3 Å². The molecule has 1 aliphatic heterocycles. The van der Waals surface area contributed by atoms with E-state index in [0.29, 0.717) is 51.9 Å². The van der Waals surface area contributed by atoms with Crippen LogP contribution in [0.1, 0.15) is 24.2 Å². The lowest BCUT2D eigenvalue weighted by atomic mass is 9.90. The molecule has 0 bridgehead atoms. The van der Waals surface area contributed by atoms with Crippen molar-refractivity contribution in [2.75, 3.05) is 34.5 Å². The van der Waals surface area contributed by atoms with E-state index in [0.717, 1.165) is 29.6 Å². The van der Waals surface area contributed by atoms with E-state index in [1.54, 1.807) is 32.0 Å². The Labute approximate surface area is 216 Å². The van der Waals surface area contributed by atoms with Crippen LogP contribution in [0.15, 0.2) is 47.0 Å². The fraction of sp³-hybridized carbons (Fsp3) is 0.346. The molecule has 1 aromatic carbocycles. The fourth-order valence-corrected chi connectivity index (χ4v) is 5.30. The lowest BCUT2D eigenvalue weighted by Crippen LogP contribution is -2.36. The van der Waals surface area contributed by atoms with Gasteiger partial charge in [0.15, 0.2) is 5.76 Å². The molecule has 6 rings (SSSR count). The normalized spacial score (nSPS) is 15.3. The molecule has 0 spiro atoms. The van der Waals surface area contributed by atoms with Crippen molar-refractivity contribution >= 4 is 27.3 Å². The predicted molar refractivity (Wildman–Crippen MR) is 136 cm³/mol. The topological polar surface area (TPSA) is 102 Å². The molecule has 1 aliphatic rings. The molecular weight excluding hydrogens is 496 g/mol. The second kappa shape index (κ2) is 9.66. The van der Waals surface area contributed by atoms with Crippen LogP contribution in [0, 0.1) is 0 Å². The van der Waals surface area contributed by atoms with Gasteiger partial charge in [0.25, 0.3) is 5.19 Å². The first kappa shape index (κ1) is 23.7. The van der Waals surface area contributed by atoms with Crippen LogP contribution in [0.4, 0.5) is 0 Å². The van der Waals surface area contributed by atoms with Crippen LogP contribution in [0.5, 0.6) is 16.7 Å². The zero-order valence-corrected chi connectivity index (χ0v) is 21.5. The van der Waals surface area contributed by atoms with Gasteiger partial charge in [0.1, 0.15) is 35.0 Å². The van der Waals surface area contributed by atoms with E-state index >= 15 is 0 Å². The van der Waals surface area contributed by atoms with Crippen molar-refractivity contribution in [1.82, 2.24) is 19.6 Å². The van der Waals surface area contributed by atoms with Crippen LogP contribution in [0.3, 0.4) is 0 Å². The number of rotatable bonds is 8. The Morgan fingerprint density at radius 3 is 2.73 bits per heavy atom. The molecule has 0 radical (unpaired) electrons. The number of aromatic nitrogens is 4. The van der Waals surface area contributed by atoms with Gasteiger partial charge in [0.2, 0.25) is 4.96 Å². The summed E-state index contributed by atoms with van der Waals surface area (Å²) in [6, 6.07) is 11.5. The van der Waals surface area contributed by atoms with Crippen molar-refractivity contribution in [3.63, 3.8) is 0 Å². The van der Waals surface area contributed by atoms with Crippen LogP contribution in [0.2, 0.25) is 0 Å². The standard InChI is InChI=1S/C26H26N4O6S/c1-31-17-11-20(35-15-16-5-4-6-23(28-16)26(33-3)7-9-34-10-8-26)18-13-22(36-21(18)12-17)19-14-27-24-30(19)29-25(32-2)37-24/h4-6,11-14H,7-10,15H2,1-3H3. The molecular formula is C26H26N4O6S. The monoisotopic (exact) mass is 522 g/mol. The van der Waals surface area contributed by atoms with Gasteiger partial charge in [-0.2, -0.15) is 4.52 Å².